The summed E-state index contributed by atoms with van der Waals surface area (Å²) < 4.78 is 0. The highest BCUT2D eigenvalue weighted by molar-refractivity contribution is 6.30. The Labute approximate surface area is 128 Å². The molecule has 0 fully saturated rings. The lowest BCUT2D eigenvalue weighted by atomic mass is 10.0. The predicted octanol–water partition coefficient (Wildman–Crippen LogP) is 5.02. The summed E-state index contributed by atoms with van der Waals surface area (Å²) >= 11 is 6.12. The average Bonchev–Trinajstić information content (AvgIpc) is 2.41. The molecular weight excluding hydrogens is 270 g/mol. The molecule has 1 aromatic rings. The Kier molecular flexibility index (Phi) is 7.90. The van der Waals surface area contributed by atoms with Crippen LogP contribution in [-0.2, 0) is 6.42 Å². The zero-order valence-electron chi connectivity index (χ0n) is 13.3. The molecule has 1 rings (SSSR count). The zero-order valence-corrected chi connectivity index (χ0v) is 14.1. The van der Waals surface area contributed by atoms with E-state index >= 15 is 0 Å². The lowest BCUT2D eigenvalue weighted by Crippen LogP contribution is -2.08. The first-order valence-electron chi connectivity index (χ1n) is 7.81. The van der Waals surface area contributed by atoms with E-state index in [4.69, 9.17) is 11.6 Å². The Hall–Kier alpha value is -0.830. The van der Waals surface area contributed by atoms with Crippen LogP contribution in [0.25, 0.3) is 0 Å². The van der Waals surface area contributed by atoms with Crippen LogP contribution in [0, 0.1) is 12.8 Å². The maximum atomic E-state index is 6.12. The highest BCUT2D eigenvalue weighted by Crippen LogP contribution is 2.20. The SMILES string of the molecule is CCc1nc(Cl)c(C)c(NCCCCCCC(C)C)n1. The van der Waals surface area contributed by atoms with Crippen molar-refractivity contribution >= 4 is 17.4 Å². The third kappa shape index (κ3) is 6.08. The summed E-state index contributed by atoms with van der Waals surface area (Å²) in [7, 11) is 0. The number of hydrogen-bond donors (Lipinski definition) is 1. The Morgan fingerprint density at radius 2 is 1.80 bits per heavy atom. The van der Waals surface area contributed by atoms with Gasteiger partial charge >= 0.3 is 0 Å². The van der Waals surface area contributed by atoms with Gasteiger partial charge in [-0.2, -0.15) is 0 Å². The van der Waals surface area contributed by atoms with E-state index in [9.17, 15) is 0 Å². The fourth-order valence-electron chi connectivity index (χ4n) is 2.10. The van der Waals surface area contributed by atoms with Crippen molar-refractivity contribution in [3.63, 3.8) is 0 Å². The summed E-state index contributed by atoms with van der Waals surface area (Å²) in [6.07, 6.45) is 7.27. The van der Waals surface area contributed by atoms with E-state index in [1.807, 2.05) is 13.8 Å². The van der Waals surface area contributed by atoms with Gasteiger partial charge in [0.2, 0.25) is 0 Å². The minimum absolute atomic E-state index is 0.566. The first-order chi connectivity index (χ1) is 9.54. The second kappa shape index (κ2) is 9.17. The van der Waals surface area contributed by atoms with Gasteiger partial charge in [-0.1, -0.05) is 58.1 Å². The second-order valence-corrected chi connectivity index (χ2v) is 6.14. The molecule has 0 aliphatic carbocycles. The molecule has 0 amide bonds. The number of aromatic nitrogens is 2. The van der Waals surface area contributed by atoms with Gasteiger partial charge in [-0.25, -0.2) is 9.97 Å². The molecule has 0 aromatic carbocycles. The fourth-order valence-corrected chi connectivity index (χ4v) is 2.29. The van der Waals surface area contributed by atoms with Crippen molar-refractivity contribution in [2.45, 2.75) is 66.2 Å². The Morgan fingerprint density at radius 1 is 1.10 bits per heavy atom. The van der Waals surface area contributed by atoms with Crippen LogP contribution >= 0.6 is 11.6 Å². The number of aryl methyl sites for hydroxylation is 1. The van der Waals surface area contributed by atoms with Crippen molar-refractivity contribution in [1.82, 2.24) is 9.97 Å². The van der Waals surface area contributed by atoms with Gasteiger partial charge in [0.25, 0.3) is 0 Å². The molecule has 0 unspecified atom stereocenters. The first-order valence-corrected chi connectivity index (χ1v) is 8.19. The van der Waals surface area contributed by atoms with E-state index in [0.29, 0.717) is 5.15 Å². The molecule has 114 valence electrons. The van der Waals surface area contributed by atoms with Crippen LogP contribution in [-0.4, -0.2) is 16.5 Å². The highest BCUT2D eigenvalue weighted by Gasteiger charge is 2.07. The van der Waals surface area contributed by atoms with Gasteiger partial charge in [-0.15, -0.1) is 0 Å². The van der Waals surface area contributed by atoms with Crippen molar-refractivity contribution in [3.8, 4) is 0 Å². The molecule has 3 nitrogen and oxygen atoms in total. The van der Waals surface area contributed by atoms with Gasteiger partial charge in [0.15, 0.2) is 0 Å². The van der Waals surface area contributed by atoms with Crippen LogP contribution in [0.4, 0.5) is 5.82 Å². The Bertz CT molecular complexity index is 405. The minimum atomic E-state index is 0.566. The van der Waals surface area contributed by atoms with Crippen LogP contribution in [0.5, 0.6) is 0 Å². The summed E-state index contributed by atoms with van der Waals surface area (Å²) in [6, 6.07) is 0. The second-order valence-electron chi connectivity index (χ2n) is 5.78. The Balaban J connectivity index is 2.30. The molecule has 4 heteroatoms. The molecule has 0 spiro atoms. The maximum Gasteiger partial charge on any atom is 0.137 e. The van der Waals surface area contributed by atoms with Crippen molar-refractivity contribution in [3.05, 3.63) is 16.5 Å². The third-order valence-corrected chi connectivity index (χ3v) is 3.82. The minimum Gasteiger partial charge on any atom is -0.370 e. The van der Waals surface area contributed by atoms with Crippen LogP contribution < -0.4 is 5.32 Å². The largest absolute Gasteiger partial charge is 0.370 e. The normalized spacial score (nSPS) is 11.1. The van der Waals surface area contributed by atoms with Crippen molar-refractivity contribution in [1.29, 1.82) is 0 Å². The quantitative estimate of drug-likeness (QED) is 0.514. The van der Waals surface area contributed by atoms with Crippen LogP contribution in [0.1, 0.15) is 64.3 Å². The summed E-state index contributed by atoms with van der Waals surface area (Å²) in [4.78, 5) is 8.75. The summed E-state index contributed by atoms with van der Waals surface area (Å²) in [5.41, 5.74) is 0.948. The van der Waals surface area contributed by atoms with E-state index in [1.165, 1.54) is 32.1 Å². The molecule has 20 heavy (non-hydrogen) atoms. The van der Waals surface area contributed by atoms with Gasteiger partial charge in [0.1, 0.15) is 16.8 Å². The van der Waals surface area contributed by atoms with E-state index < -0.39 is 0 Å². The monoisotopic (exact) mass is 297 g/mol. The number of nitrogens with one attached hydrogen (secondary N) is 1. The van der Waals surface area contributed by atoms with Gasteiger partial charge < -0.3 is 5.32 Å². The predicted molar refractivity (Wildman–Crippen MR) is 87.6 cm³/mol. The molecular formula is C16H28ClN3. The molecule has 0 radical (unpaired) electrons. The third-order valence-electron chi connectivity index (χ3n) is 3.45. The number of anilines is 1. The van der Waals surface area contributed by atoms with Gasteiger partial charge in [0, 0.05) is 18.5 Å². The van der Waals surface area contributed by atoms with Crippen molar-refractivity contribution < 1.29 is 0 Å². The smallest absolute Gasteiger partial charge is 0.137 e. The first kappa shape index (κ1) is 17.2. The lowest BCUT2D eigenvalue weighted by Gasteiger charge is -2.11. The Morgan fingerprint density at radius 3 is 2.45 bits per heavy atom. The molecule has 0 saturated heterocycles. The lowest BCUT2D eigenvalue weighted by molar-refractivity contribution is 0.523. The standard InChI is InChI=1S/C16H28ClN3/c1-5-14-19-15(17)13(4)16(20-14)18-11-9-7-6-8-10-12(2)3/h12H,5-11H2,1-4H3,(H,18,19,20). The number of nitrogens with zero attached hydrogens (tertiary/aromatic N) is 2. The maximum absolute atomic E-state index is 6.12. The summed E-state index contributed by atoms with van der Waals surface area (Å²) in [6.45, 7) is 9.54. The molecule has 1 aromatic heterocycles. The summed E-state index contributed by atoms with van der Waals surface area (Å²) in [5.74, 6) is 2.52. The topological polar surface area (TPSA) is 37.8 Å². The van der Waals surface area contributed by atoms with Crippen LogP contribution in [0.15, 0.2) is 0 Å². The molecule has 1 N–H and O–H groups in total. The molecule has 0 aliphatic heterocycles. The molecule has 0 saturated carbocycles. The van der Waals surface area contributed by atoms with Crippen LogP contribution in [0.3, 0.4) is 0 Å². The van der Waals surface area contributed by atoms with Gasteiger partial charge in [-0.3, -0.25) is 0 Å². The number of hydrogen-bond acceptors (Lipinski definition) is 3. The van der Waals surface area contributed by atoms with E-state index in [2.05, 4.69) is 29.1 Å². The number of halogens is 1. The number of rotatable bonds is 9. The van der Waals surface area contributed by atoms with Crippen molar-refractivity contribution in [2.24, 2.45) is 5.92 Å². The highest BCUT2D eigenvalue weighted by atomic mass is 35.5. The number of unbranched alkanes of at least 4 members (excludes halogenated alkanes) is 3. The van der Waals surface area contributed by atoms with Gasteiger partial charge in [0.05, 0.1) is 0 Å². The fraction of sp³-hybridized carbons (Fsp3) is 0.750. The molecule has 0 bridgehead atoms. The van der Waals surface area contributed by atoms with E-state index in [-0.39, 0.29) is 0 Å². The van der Waals surface area contributed by atoms with Crippen LogP contribution in [0.2, 0.25) is 5.15 Å². The van der Waals surface area contributed by atoms with Crippen molar-refractivity contribution in [2.75, 3.05) is 11.9 Å². The average molecular weight is 298 g/mol. The van der Waals surface area contributed by atoms with Gasteiger partial charge in [-0.05, 0) is 19.3 Å². The molecule has 0 atom stereocenters. The molecule has 1 heterocycles. The zero-order chi connectivity index (χ0) is 15.0. The molecule has 0 aliphatic rings. The van der Waals surface area contributed by atoms with E-state index in [1.54, 1.807) is 0 Å². The van der Waals surface area contributed by atoms with E-state index in [0.717, 1.165) is 36.1 Å². The summed E-state index contributed by atoms with van der Waals surface area (Å²) in [5, 5.41) is 3.96.